The van der Waals surface area contributed by atoms with Crippen LogP contribution in [0.2, 0.25) is 0 Å². The van der Waals surface area contributed by atoms with E-state index >= 15 is 0 Å². The molecule has 0 aliphatic rings. The highest BCUT2D eigenvalue weighted by Gasteiger charge is 2.21. The summed E-state index contributed by atoms with van der Waals surface area (Å²) in [7, 11) is 1.55. The van der Waals surface area contributed by atoms with Gasteiger partial charge in [-0.25, -0.2) is 0 Å². The van der Waals surface area contributed by atoms with Gasteiger partial charge in [-0.3, -0.25) is 14.6 Å². The van der Waals surface area contributed by atoms with Gasteiger partial charge >= 0.3 is 0 Å². The highest BCUT2D eigenvalue weighted by Crippen LogP contribution is 2.19. The summed E-state index contributed by atoms with van der Waals surface area (Å²) in [6.07, 6.45) is 1.76. The molecule has 0 fully saturated rings. The number of pyridine rings is 1. The van der Waals surface area contributed by atoms with Crippen molar-refractivity contribution in [2.75, 3.05) is 7.11 Å². The number of nitrogens with zero attached hydrogens (tertiary/aromatic N) is 1. The van der Waals surface area contributed by atoms with Gasteiger partial charge in [0, 0.05) is 12.6 Å². The molecule has 1 heterocycles. The Morgan fingerprint density at radius 2 is 1.95 bits per heavy atom. The molecule has 0 aliphatic carbocycles. The first-order valence-electron chi connectivity index (χ1n) is 6.75. The fourth-order valence-electron chi connectivity index (χ4n) is 2.04. The lowest BCUT2D eigenvalue weighted by Crippen LogP contribution is -2.46. The quantitative estimate of drug-likeness (QED) is 0.829. The minimum Gasteiger partial charge on any atom is -0.496 e. The summed E-state index contributed by atoms with van der Waals surface area (Å²) in [4.78, 5) is 27.7. The first kappa shape index (κ1) is 15.5. The summed E-state index contributed by atoms with van der Waals surface area (Å²) >= 11 is 0. The van der Waals surface area contributed by atoms with Crippen LogP contribution < -0.4 is 15.8 Å². The van der Waals surface area contributed by atoms with Gasteiger partial charge in [0.05, 0.1) is 7.11 Å². The Morgan fingerprint density at radius 1 is 1.23 bits per heavy atom. The number of rotatable bonds is 6. The smallest absolute Gasteiger partial charge is 0.270 e. The fraction of sp³-hybridized carbons (Fsp3) is 0.188. The SMILES string of the molecule is COc1ccccc1C[C@H](NC(=O)c1ccccn1)C(N)=O. The molecule has 114 valence electrons. The number of methoxy groups -OCH3 is 1. The number of primary amides is 1. The van der Waals surface area contributed by atoms with Crippen molar-refractivity contribution in [1.29, 1.82) is 0 Å². The Balaban J connectivity index is 2.14. The predicted molar refractivity (Wildman–Crippen MR) is 81.4 cm³/mol. The van der Waals surface area contributed by atoms with Crippen LogP contribution >= 0.6 is 0 Å². The third-order valence-corrected chi connectivity index (χ3v) is 3.16. The highest BCUT2D eigenvalue weighted by atomic mass is 16.5. The fourth-order valence-corrected chi connectivity index (χ4v) is 2.04. The molecule has 3 N–H and O–H groups in total. The minimum atomic E-state index is -0.842. The maximum absolute atomic E-state index is 12.1. The van der Waals surface area contributed by atoms with Crippen molar-refractivity contribution >= 4 is 11.8 Å². The minimum absolute atomic E-state index is 0.230. The lowest BCUT2D eigenvalue weighted by atomic mass is 10.0. The van der Waals surface area contributed by atoms with Gasteiger partial charge in [0.15, 0.2) is 0 Å². The van der Waals surface area contributed by atoms with Crippen molar-refractivity contribution < 1.29 is 14.3 Å². The third kappa shape index (κ3) is 3.82. The van der Waals surface area contributed by atoms with Crippen LogP contribution in [0.5, 0.6) is 5.75 Å². The Kier molecular flexibility index (Phi) is 5.08. The van der Waals surface area contributed by atoms with E-state index in [1.54, 1.807) is 31.4 Å². The van der Waals surface area contributed by atoms with Gasteiger partial charge in [-0.1, -0.05) is 24.3 Å². The average Bonchev–Trinajstić information content (AvgIpc) is 2.55. The molecule has 1 aromatic heterocycles. The molecule has 0 unspecified atom stereocenters. The standard InChI is InChI=1S/C16H17N3O3/c1-22-14-8-3-2-6-11(14)10-13(15(17)20)19-16(21)12-7-4-5-9-18-12/h2-9,13H,10H2,1H3,(H2,17,20)(H,19,21)/t13-/m0/s1. The van der Waals surface area contributed by atoms with E-state index in [1.807, 2.05) is 18.2 Å². The van der Waals surface area contributed by atoms with Crippen LogP contribution in [0.3, 0.4) is 0 Å². The first-order valence-corrected chi connectivity index (χ1v) is 6.75. The van der Waals surface area contributed by atoms with E-state index in [0.717, 1.165) is 5.56 Å². The predicted octanol–water partition coefficient (Wildman–Crippen LogP) is 0.917. The Labute approximate surface area is 128 Å². The lowest BCUT2D eigenvalue weighted by molar-refractivity contribution is -0.119. The van der Waals surface area contributed by atoms with Crippen LogP contribution in [0.4, 0.5) is 0 Å². The topological polar surface area (TPSA) is 94.3 Å². The summed E-state index contributed by atoms with van der Waals surface area (Å²) in [6.45, 7) is 0. The van der Waals surface area contributed by atoms with Crippen molar-refractivity contribution in [2.45, 2.75) is 12.5 Å². The van der Waals surface area contributed by atoms with Gasteiger partial charge in [0.1, 0.15) is 17.5 Å². The van der Waals surface area contributed by atoms with Crippen LogP contribution in [0.1, 0.15) is 16.1 Å². The summed E-state index contributed by atoms with van der Waals surface area (Å²) in [5, 5.41) is 2.60. The van der Waals surface area contributed by atoms with Gasteiger partial charge in [0.2, 0.25) is 5.91 Å². The maximum Gasteiger partial charge on any atom is 0.270 e. The Hall–Kier alpha value is -2.89. The highest BCUT2D eigenvalue weighted by molar-refractivity contribution is 5.95. The normalized spacial score (nSPS) is 11.5. The number of amides is 2. The molecule has 1 aromatic carbocycles. The van der Waals surface area contributed by atoms with Crippen LogP contribution in [-0.2, 0) is 11.2 Å². The van der Waals surface area contributed by atoms with Crippen molar-refractivity contribution in [3.05, 3.63) is 59.9 Å². The molecule has 6 nitrogen and oxygen atoms in total. The van der Waals surface area contributed by atoms with Crippen molar-refractivity contribution in [3.63, 3.8) is 0 Å². The lowest BCUT2D eigenvalue weighted by Gasteiger charge is -2.17. The van der Waals surface area contributed by atoms with Crippen LogP contribution in [0.25, 0.3) is 0 Å². The first-order chi connectivity index (χ1) is 10.6. The molecule has 0 saturated heterocycles. The van der Waals surface area contributed by atoms with E-state index in [4.69, 9.17) is 10.5 Å². The third-order valence-electron chi connectivity index (χ3n) is 3.16. The van der Waals surface area contributed by atoms with Gasteiger partial charge < -0.3 is 15.8 Å². The molecular weight excluding hydrogens is 282 g/mol. The molecular formula is C16H17N3O3. The number of nitrogens with one attached hydrogen (secondary N) is 1. The molecule has 22 heavy (non-hydrogen) atoms. The second-order valence-corrected chi connectivity index (χ2v) is 4.66. The molecule has 0 bridgehead atoms. The second-order valence-electron chi connectivity index (χ2n) is 4.66. The van der Waals surface area contributed by atoms with E-state index in [9.17, 15) is 9.59 Å². The number of hydrogen-bond acceptors (Lipinski definition) is 4. The Bertz CT molecular complexity index is 659. The number of carbonyl (C=O) groups excluding carboxylic acids is 2. The summed E-state index contributed by atoms with van der Waals surface area (Å²) in [6, 6.07) is 11.4. The van der Waals surface area contributed by atoms with Crippen LogP contribution in [-0.4, -0.2) is 29.9 Å². The summed E-state index contributed by atoms with van der Waals surface area (Å²) < 4.78 is 5.24. The van der Waals surface area contributed by atoms with Crippen LogP contribution in [0, 0.1) is 0 Å². The van der Waals surface area contributed by atoms with Crippen molar-refractivity contribution in [2.24, 2.45) is 5.73 Å². The number of benzene rings is 1. The largest absolute Gasteiger partial charge is 0.496 e. The number of aromatic nitrogens is 1. The van der Waals surface area contributed by atoms with E-state index in [0.29, 0.717) is 5.75 Å². The average molecular weight is 299 g/mol. The van der Waals surface area contributed by atoms with Gasteiger partial charge in [-0.05, 0) is 23.8 Å². The zero-order valence-electron chi connectivity index (χ0n) is 12.2. The van der Waals surface area contributed by atoms with Gasteiger partial charge in [-0.2, -0.15) is 0 Å². The van der Waals surface area contributed by atoms with Gasteiger partial charge in [-0.15, -0.1) is 0 Å². The molecule has 2 aromatic rings. The van der Waals surface area contributed by atoms with E-state index in [2.05, 4.69) is 10.3 Å². The van der Waals surface area contributed by atoms with Crippen molar-refractivity contribution in [3.8, 4) is 5.75 Å². The molecule has 0 aliphatic heterocycles. The van der Waals surface area contributed by atoms with Gasteiger partial charge in [0.25, 0.3) is 5.91 Å². The molecule has 0 spiro atoms. The summed E-state index contributed by atoms with van der Waals surface area (Å²) in [5.74, 6) is -0.421. The Morgan fingerprint density at radius 3 is 2.59 bits per heavy atom. The van der Waals surface area contributed by atoms with E-state index in [1.165, 1.54) is 6.20 Å². The summed E-state index contributed by atoms with van der Waals surface area (Å²) in [5.41, 5.74) is 6.41. The molecule has 0 radical (unpaired) electrons. The number of nitrogens with two attached hydrogens (primary N) is 1. The molecule has 6 heteroatoms. The zero-order chi connectivity index (χ0) is 15.9. The maximum atomic E-state index is 12.1. The number of carbonyl (C=O) groups is 2. The monoisotopic (exact) mass is 299 g/mol. The molecule has 1 atom stereocenters. The number of ether oxygens (including phenoxy) is 1. The molecule has 2 amide bonds. The van der Waals surface area contributed by atoms with E-state index < -0.39 is 17.9 Å². The van der Waals surface area contributed by atoms with Crippen LogP contribution in [0.15, 0.2) is 48.7 Å². The zero-order valence-corrected chi connectivity index (χ0v) is 12.2. The number of hydrogen-bond donors (Lipinski definition) is 2. The second kappa shape index (κ2) is 7.21. The molecule has 0 saturated carbocycles. The van der Waals surface area contributed by atoms with Crippen molar-refractivity contribution in [1.82, 2.24) is 10.3 Å². The molecule has 2 rings (SSSR count). The number of para-hydroxylation sites is 1. The van der Waals surface area contributed by atoms with E-state index in [-0.39, 0.29) is 12.1 Å².